The molecule has 4 rings (SSSR count). The van der Waals surface area contributed by atoms with Gasteiger partial charge in [0.15, 0.2) is 0 Å². The Balaban J connectivity index is 1.73. The molecular weight excluding hydrogens is 338 g/mol. The molecule has 2 aromatic heterocycles. The zero-order valence-electron chi connectivity index (χ0n) is 15.0. The quantitative estimate of drug-likeness (QED) is 0.556. The molecule has 1 amide bonds. The van der Waals surface area contributed by atoms with Crippen LogP contribution in [0.5, 0.6) is 0 Å². The van der Waals surface area contributed by atoms with Crippen LogP contribution in [0.1, 0.15) is 35.9 Å². The van der Waals surface area contributed by atoms with Crippen LogP contribution in [0.25, 0.3) is 27.2 Å². The van der Waals surface area contributed by atoms with Gasteiger partial charge in [-0.2, -0.15) is 0 Å². The van der Waals surface area contributed by atoms with E-state index in [4.69, 9.17) is 4.98 Å². The maximum absolute atomic E-state index is 12.6. The van der Waals surface area contributed by atoms with Crippen LogP contribution in [0.4, 0.5) is 0 Å². The average Bonchev–Trinajstić information content (AvgIpc) is 2.69. The summed E-state index contributed by atoms with van der Waals surface area (Å²) < 4.78 is 0. The highest BCUT2D eigenvalue weighted by Crippen LogP contribution is 2.35. The summed E-state index contributed by atoms with van der Waals surface area (Å²) in [5, 5.41) is 5.64. The minimum atomic E-state index is -0.127. The Labute approximate surface area is 156 Å². The maximum atomic E-state index is 12.6. The molecule has 2 heterocycles. The fourth-order valence-electron chi connectivity index (χ4n) is 3.41. The molecule has 0 spiro atoms. The number of hydrogen-bond acceptors (Lipinski definition) is 4. The van der Waals surface area contributed by atoms with Gasteiger partial charge in [-0.3, -0.25) is 14.6 Å². The van der Waals surface area contributed by atoms with Gasteiger partial charge >= 0.3 is 0 Å². The van der Waals surface area contributed by atoms with E-state index in [2.05, 4.69) is 10.3 Å². The molecule has 5 heteroatoms. The summed E-state index contributed by atoms with van der Waals surface area (Å²) >= 11 is 0. The molecule has 0 fully saturated rings. The summed E-state index contributed by atoms with van der Waals surface area (Å²) in [6, 6.07) is 9.82. The summed E-state index contributed by atoms with van der Waals surface area (Å²) in [4.78, 5) is 33.5. The number of ketones is 1. The van der Waals surface area contributed by atoms with E-state index in [1.165, 1.54) is 6.08 Å². The number of nitrogens with one attached hydrogen (secondary N) is 1. The molecule has 0 saturated carbocycles. The molecule has 0 saturated heterocycles. The molecule has 1 N–H and O–H groups in total. The molecule has 0 bridgehead atoms. The standard InChI is InChI=1S/C22H19N3O2/c1-2-3-8-19(27)23-11-9-14-13-18(26)22-20-16(10-12-24-22)15-6-4-5-7-17(15)25-21(14)20/h3-8,10,12-13H,2,9,11H2,1H3,(H,23,27). The van der Waals surface area contributed by atoms with Crippen LogP contribution in [-0.2, 0) is 4.79 Å². The smallest absolute Gasteiger partial charge is 0.243 e. The van der Waals surface area contributed by atoms with Gasteiger partial charge in [0, 0.05) is 23.5 Å². The predicted octanol–water partition coefficient (Wildman–Crippen LogP) is 3.84. The number of amides is 1. The number of rotatable bonds is 5. The lowest BCUT2D eigenvalue weighted by molar-refractivity contribution is -0.116. The third-order valence-electron chi connectivity index (χ3n) is 4.66. The van der Waals surface area contributed by atoms with Crippen LogP contribution in [0.15, 0.2) is 54.8 Å². The van der Waals surface area contributed by atoms with Crippen molar-refractivity contribution in [1.29, 1.82) is 0 Å². The largest absolute Gasteiger partial charge is 0.352 e. The van der Waals surface area contributed by atoms with Gasteiger partial charge in [-0.05, 0) is 48.1 Å². The van der Waals surface area contributed by atoms with Crippen molar-refractivity contribution in [3.05, 3.63) is 66.1 Å². The van der Waals surface area contributed by atoms with Gasteiger partial charge in [0.05, 0.1) is 11.2 Å². The van der Waals surface area contributed by atoms with Crippen LogP contribution in [0.3, 0.4) is 0 Å². The molecule has 1 aliphatic carbocycles. The van der Waals surface area contributed by atoms with Crippen molar-refractivity contribution in [2.75, 3.05) is 6.54 Å². The number of aromatic nitrogens is 2. The lowest BCUT2D eigenvalue weighted by Crippen LogP contribution is -2.23. The molecule has 0 aliphatic heterocycles. The zero-order chi connectivity index (χ0) is 18.8. The molecule has 3 aromatic rings. The number of benzene rings is 1. The first-order chi connectivity index (χ1) is 13.2. The molecule has 1 aliphatic rings. The fourth-order valence-corrected chi connectivity index (χ4v) is 3.41. The lowest BCUT2D eigenvalue weighted by Gasteiger charge is -2.18. The molecule has 0 atom stereocenters. The first-order valence-electron chi connectivity index (χ1n) is 9.06. The SMILES string of the molecule is CCC=CC(=O)NCCC1=CC(=O)c2nccc3c2c1nc1ccccc13. The number of pyridine rings is 2. The Hall–Kier alpha value is -3.34. The lowest BCUT2D eigenvalue weighted by atomic mass is 9.91. The summed E-state index contributed by atoms with van der Waals surface area (Å²) in [5.74, 6) is -0.240. The zero-order valence-corrected chi connectivity index (χ0v) is 15.0. The van der Waals surface area contributed by atoms with Gasteiger partial charge in [-0.15, -0.1) is 0 Å². The topological polar surface area (TPSA) is 72.0 Å². The van der Waals surface area contributed by atoms with Crippen molar-refractivity contribution in [2.24, 2.45) is 0 Å². The highest BCUT2D eigenvalue weighted by molar-refractivity contribution is 6.23. The monoisotopic (exact) mass is 357 g/mol. The van der Waals surface area contributed by atoms with Crippen molar-refractivity contribution in [3.8, 4) is 0 Å². The number of nitrogens with zero attached hydrogens (tertiary/aromatic N) is 2. The van der Waals surface area contributed by atoms with Gasteiger partial charge in [0.2, 0.25) is 11.7 Å². The van der Waals surface area contributed by atoms with Crippen LogP contribution < -0.4 is 5.32 Å². The van der Waals surface area contributed by atoms with Crippen molar-refractivity contribution in [3.63, 3.8) is 0 Å². The van der Waals surface area contributed by atoms with E-state index >= 15 is 0 Å². The summed E-state index contributed by atoms with van der Waals surface area (Å²) in [5.41, 5.74) is 2.94. The second-order valence-electron chi connectivity index (χ2n) is 6.45. The molecule has 27 heavy (non-hydrogen) atoms. The summed E-state index contributed by atoms with van der Waals surface area (Å²) in [6.07, 6.45) is 7.97. The Bertz CT molecular complexity index is 1130. The number of fused-ring (bicyclic) bond motifs is 2. The van der Waals surface area contributed by atoms with Gasteiger partial charge in [0.1, 0.15) is 5.69 Å². The Morgan fingerprint density at radius 3 is 2.85 bits per heavy atom. The second-order valence-corrected chi connectivity index (χ2v) is 6.45. The first kappa shape index (κ1) is 17.1. The van der Waals surface area contributed by atoms with Crippen molar-refractivity contribution in [2.45, 2.75) is 19.8 Å². The second kappa shape index (κ2) is 7.11. The number of carbonyl (C=O) groups excluding carboxylic acids is 2. The molecule has 5 nitrogen and oxygen atoms in total. The number of hydrogen-bond donors (Lipinski definition) is 1. The molecular formula is C22H19N3O2. The average molecular weight is 357 g/mol. The maximum Gasteiger partial charge on any atom is 0.243 e. The van der Waals surface area contributed by atoms with Crippen LogP contribution in [0, 0.1) is 0 Å². The van der Waals surface area contributed by atoms with Crippen LogP contribution >= 0.6 is 0 Å². The predicted molar refractivity (Wildman–Crippen MR) is 106 cm³/mol. The first-order valence-corrected chi connectivity index (χ1v) is 9.06. The van der Waals surface area contributed by atoms with E-state index in [-0.39, 0.29) is 11.7 Å². The Morgan fingerprint density at radius 1 is 1.15 bits per heavy atom. The van der Waals surface area contributed by atoms with Gasteiger partial charge in [-0.1, -0.05) is 31.2 Å². The molecule has 1 aromatic carbocycles. The van der Waals surface area contributed by atoms with Crippen molar-refractivity contribution >= 4 is 38.9 Å². The van der Waals surface area contributed by atoms with Gasteiger partial charge in [-0.25, -0.2) is 4.98 Å². The van der Waals surface area contributed by atoms with E-state index in [1.807, 2.05) is 43.3 Å². The van der Waals surface area contributed by atoms with Crippen molar-refractivity contribution in [1.82, 2.24) is 15.3 Å². The normalized spacial score (nSPS) is 13.4. The fraction of sp³-hybridized carbons (Fsp3) is 0.182. The summed E-state index contributed by atoms with van der Waals surface area (Å²) in [7, 11) is 0. The minimum Gasteiger partial charge on any atom is -0.352 e. The van der Waals surface area contributed by atoms with Crippen LogP contribution in [0.2, 0.25) is 0 Å². The third-order valence-corrected chi connectivity index (χ3v) is 4.66. The summed E-state index contributed by atoms with van der Waals surface area (Å²) in [6.45, 7) is 2.42. The number of carbonyl (C=O) groups is 2. The van der Waals surface area contributed by atoms with Gasteiger partial charge < -0.3 is 5.32 Å². The van der Waals surface area contributed by atoms with E-state index in [9.17, 15) is 9.59 Å². The minimum absolute atomic E-state index is 0.114. The Kier molecular flexibility index (Phi) is 4.50. The Morgan fingerprint density at radius 2 is 2.00 bits per heavy atom. The third kappa shape index (κ3) is 3.12. The van der Waals surface area contributed by atoms with E-state index < -0.39 is 0 Å². The van der Waals surface area contributed by atoms with E-state index in [1.54, 1.807) is 12.3 Å². The molecule has 0 unspecified atom stereocenters. The number of allylic oxidation sites excluding steroid dienone is 2. The molecule has 0 radical (unpaired) electrons. The molecule has 134 valence electrons. The van der Waals surface area contributed by atoms with Crippen LogP contribution in [-0.4, -0.2) is 28.2 Å². The van der Waals surface area contributed by atoms with E-state index in [0.29, 0.717) is 18.7 Å². The highest BCUT2D eigenvalue weighted by Gasteiger charge is 2.24. The highest BCUT2D eigenvalue weighted by atomic mass is 16.1. The van der Waals surface area contributed by atoms with Gasteiger partial charge in [0.25, 0.3) is 0 Å². The van der Waals surface area contributed by atoms with E-state index in [0.717, 1.165) is 39.4 Å². The number of para-hydroxylation sites is 1. The van der Waals surface area contributed by atoms with Crippen molar-refractivity contribution < 1.29 is 9.59 Å².